The fourth-order valence-electron chi connectivity index (χ4n) is 2.67. The molecule has 0 spiro atoms. The van der Waals surface area contributed by atoms with Crippen LogP contribution in [0.4, 0.5) is 4.79 Å². The van der Waals surface area contributed by atoms with Crippen molar-refractivity contribution in [3.63, 3.8) is 0 Å². The van der Waals surface area contributed by atoms with E-state index in [4.69, 9.17) is 0 Å². The highest BCUT2D eigenvalue weighted by molar-refractivity contribution is 5.80. The maximum absolute atomic E-state index is 12.5. The first-order valence-electron chi connectivity index (χ1n) is 7.63. The van der Waals surface area contributed by atoms with Crippen molar-refractivity contribution >= 4 is 11.9 Å². The van der Waals surface area contributed by atoms with Crippen molar-refractivity contribution in [1.29, 1.82) is 0 Å². The lowest BCUT2D eigenvalue weighted by molar-refractivity contribution is -0.139. The molecular weight excluding hydrogens is 270 g/mol. The van der Waals surface area contributed by atoms with Gasteiger partial charge in [-0.15, -0.1) is 0 Å². The molecule has 1 aliphatic heterocycles. The molecule has 0 atom stereocenters. The molecule has 3 amide bonds. The van der Waals surface area contributed by atoms with Gasteiger partial charge in [0.05, 0.1) is 5.60 Å². The summed E-state index contributed by atoms with van der Waals surface area (Å²) in [6.07, 6.45) is 1.39. The number of rotatable bonds is 4. The van der Waals surface area contributed by atoms with Crippen LogP contribution < -0.4 is 0 Å². The molecule has 0 radical (unpaired) electrons. The SMILES string of the molecule is CCN(CC(C)(C)O)C(=O)C1CCN(C(=O)N(C)C)CC1. The van der Waals surface area contributed by atoms with Gasteiger partial charge < -0.3 is 19.8 Å². The Morgan fingerprint density at radius 1 is 1.24 bits per heavy atom. The Morgan fingerprint density at radius 3 is 2.14 bits per heavy atom. The number of piperidine rings is 1. The molecule has 0 aliphatic carbocycles. The fraction of sp³-hybridized carbons (Fsp3) is 0.867. The van der Waals surface area contributed by atoms with E-state index in [-0.39, 0.29) is 17.9 Å². The van der Waals surface area contributed by atoms with Gasteiger partial charge in [0.15, 0.2) is 0 Å². The number of amides is 3. The highest BCUT2D eigenvalue weighted by atomic mass is 16.3. The lowest BCUT2D eigenvalue weighted by atomic mass is 9.94. The van der Waals surface area contributed by atoms with E-state index in [2.05, 4.69) is 0 Å². The third-order valence-electron chi connectivity index (χ3n) is 3.77. The van der Waals surface area contributed by atoms with Crippen molar-refractivity contribution in [3.8, 4) is 0 Å². The first kappa shape index (κ1) is 17.8. The van der Waals surface area contributed by atoms with Crippen molar-refractivity contribution in [2.24, 2.45) is 5.92 Å². The lowest BCUT2D eigenvalue weighted by Crippen LogP contribution is -2.49. The van der Waals surface area contributed by atoms with Gasteiger partial charge in [-0.05, 0) is 33.6 Å². The molecule has 21 heavy (non-hydrogen) atoms. The Bertz CT molecular complexity index is 369. The van der Waals surface area contributed by atoms with Crippen LogP contribution in [0.1, 0.15) is 33.6 Å². The average molecular weight is 299 g/mol. The van der Waals surface area contributed by atoms with Crippen LogP contribution in [0.15, 0.2) is 0 Å². The van der Waals surface area contributed by atoms with E-state index >= 15 is 0 Å². The molecular formula is C15H29N3O3. The smallest absolute Gasteiger partial charge is 0.319 e. The molecule has 122 valence electrons. The molecule has 0 aromatic heterocycles. The monoisotopic (exact) mass is 299 g/mol. The molecule has 1 fully saturated rings. The largest absolute Gasteiger partial charge is 0.389 e. The Balaban J connectivity index is 2.56. The van der Waals surface area contributed by atoms with E-state index in [1.165, 1.54) is 0 Å². The topological polar surface area (TPSA) is 64.1 Å². The Labute approximate surface area is 127 Å². The van der Waals surface area contributed by atoms with Gasteiger partial charge in [-0.25, -0.2) is 4.79 Å². The van der Waals surface area contributed by atoms with Crippen LogP contribution in [0.25, 0.3) is 0 Å². The summed E-state index contributed by atoms with van der Waals surface area (Å²) < 4.78 is 0. The minimum Gasteiger partial charge on any atom is -0.389 e. The molecule has 1 N–H and O–H groups in total. The first-order valence-corrected chi connectivity index (χ1v) is 7.63. The maximum Gasteiger partial charge on any atom is 0.319 e. The van der Waals surface area contributed by atoms with Crippen LogP contribution >= 0.6 is 0 Å². The summed E-state index contributed by atoms with van der Waals surface area (Å²) in [4.78, 5) is 29.5. The van der Waals surface area contributed by atoms with E-state index in [0.717, 1.165) is 0 Å². The summed E-state index contributed by atoms with van der Waals surface area (Å²) in [7, 11) is 3.48. The number of nitrogens with zero attached hydrogens (tertiary/aromatic N) is 3. The molecule has 0 aromatic carbocycles. The second kappa shape index (κ2) is 7.11. The number of hydrogen-bond donors (Lipinski definition) is 1. The second-order valence-electron chi connectivity index (χ2n) is 6.60. The zero-order valence-electron chi connectivity index (χ0n) is 13.9. The number of likely N-dealkylation sites (N-methyl/N-ethyl adjacent to an activating group) is 1. The molecule has 1 heterocycles. The summed E-state index contributed by atoms with van der Waals surface area (Å²) in [6, 6.07) is 0.00439. The van der Waals surface area contributed by atoms with Gasteiger partial charge in [-0.1, -0.05) is 0 Å². The van der Waals surface area contributed by atoms with E-state index in [0.29, 0.717) is 39.0 Å². The van der Waals surface area contributed by atoms with Crippen molar-refractivity contribution < 1.29 is 14.7 Å². The maximum atomic E-state index is 12.5. The average Bonchev–Trinajstić information content (AvgIpc) is 2.42. The number of aliphatic hydroxyl groups is 1. The van der Waals surface area contributed by atoms with Gasteiger partial charge in [0.1, 0.15) is 0 Å². The van der Waals surface area contributed by atoms with Crippen LogP contribution in [0.2, 0.25) is 0 Å². The third-order valence-corrected chi connectivity index (χ3v) is 3.77. The zero-order chi connectivity index (χ0) is 16.2. The molecule has 0 aromatic rings. The van der Waals surface area contributed by atoms with Crippen LogP contribution in [0.5, 0.6) is 0 Å². The highest BCUT2D eigenvalue weighted by Gasteiger charge is 2.31. The van der Waals surface area contributed by atoms with E-state index in [9.17, 15) is 14.7 Å². The molecule has 6 heteroatoms. The molecule has 0 saturated carbocycles. The molecule has 1 rings (SSSR count). The Hall–Kier alpha value is -1.30. The van der Waals surface area contributed by atoms with Gasteiger partial charge in [0.2, 0.25) is 5.91 Å². The van der Waals surface area contributed by atoms with Crippen molar-refractivity contribution in [3.05, 3.63) is 0 Å². The number of carbonyl (C=O) groups excluding carboxylic acids is 2. The summed E-state index contributed by atoms with van der Waals surface area (Å²) in [5, 5.41) is 9.89. The Morgan fingerprint density at radius 2 is 1.76 bits per heavy atom. The van der Waals surface area contributed by atoms with Crippen LogP contribution in [-0.4, -0.2) is 77.6 Å². The molecule has 1 saturated heterocycles. The summed E-state index contributed by atoms with van der Waals surface area (Å²) in [5.74, 6) is 0.0510. The number of urea groups is 1. The predicted molar refractivity (Wildman–Crippen MR) is 81.9 cm³/mol. The highest BCUT2D eigenvalue weighted by Crippen LogP contribution is 2.21. The Kier molecular flexibility index (Phi) is 6.01. The lowest BCUT2D eigenvalue weighted by Gasteiger charge is -2.36. The quantitative estimate of drug-likeness (QED) is 0.842. The van der Waals surface area contributed by atoms with Gasteiger partial charge in [-0.3, -0.25) is 4.79 Å². The number of carbonyl (C=O) groups is 2. The van der Waals surface area contributed by atoms with Gasteiger partial charge >= 0.3 is 6.03 Å². The zero-order valence-corrected chi connectivity index (χ0v) is 13.9. The van der Waals surface area contributed by atoms with E-state index in [1.807, 2.05) is 6.92 Å². The standard InChI is InChI=1S/C15H29N3O3/c1-6-17(11-15(2,3)21)13(19)12-7-9-18(10-8-12)14(20)16(4)5/h12,21H,6-11H2,1-5H3. The van der Waals surface area contributed by atoms with Crippen LogP contribution in [0.3, 0.4) is 0 Å². The van der Waals surface area contributed by atoms with Crippen molar-refractivity contribution in [1.82, 2.24) is 14.7 Å². The number of hydrogen-bond acceptors (Lipinski definition) is 3. The molecule has 1 aliphatic rings. The minimum atomic E-state index is -0.882. The van der Waals surface area contributed by atoms with E-state index < -0.39 is 5.60 Å². The van der Waals surface area contributed by atoms with Gasteiger partial charge in [0.25, 0.3) is 0 Å². The van der Waals surface area contributed by atoms with Gasteiger partial charge in [-0.2, -0.15) is 0 Å². The summed E-state index contributed by atoms with van der Waals surface area (Å²) in [5.41, 5.74) is -0.882. The summed E-state index contributed by atoms with van der Waals surface area (Å²) in [6.45, 7) is 7.52. The van der Waals surface area contributed by atoms with Crippen molar-refractivity contribution in [2.75, 3.05) is 40.3 Å². The van der Waals surface area contributed by atoms with Crippen LogP contribution in [-0.2, 0) is 4.79 Å². The molecule has 0 unspecified atom stereocenters. The molecule has 0 bridgehead atoms. The summed E-state index contributed by atoms with van der Waals surface area (Å²) >= 11 is 0. The fourth-order valence-corrected chi connectivity index (χ4v) is 2.67. The minimum absolute atomic E-state index is 0.00439. The van der Waals surface area contributed by atoms with Crippen LogP contribution in [0, 0.1) is 5.92 Å². The normalized spacial score (nSPS) is 16.8. The van der Waals surface area contributed by atoms with E-state index in [1.54, 1.807) is 42.6 Å². The van der Waals surface area contributed by atoms with Gasteiger partial charge in [0, 0.05) is 46.2 Å². The van der Waals surface area contributed by atoms with Crippen molar-refractivity contribution in [2.45, 2.75) is 39.2 Å². The molecule has 6 nitrogen and oxygen atoms in total. The first-order chi connectivity index (χ1) is 9.65. The number of likely N-dealkylation sites (tertiary alicyclic amines) is 1. The third kappa shape index (κ3) is 5.19. The second-order valence-corrected chi connectivity index (χ2v) is 6.60. The predicted octanol–water partition coefficient (Wildman–Crippen LogP) is 0.999.